The lowest BCUT2D eigenvalue weighted by atomic mass is 10.00. The Bertz CT molecular complexity index is 2610. The minimum Gasteiger partial charge on any atom is -0.508 e. The summed E-state index contributed by atoms with van der Waals surface area (Å²) in [6.07, 6.45) is -0.971. The lowest BCUT2D eigenvalue weighted by molar-refractivity contribution is -0.136. The van der Waals surface area contributed by atoms with Gasteiger partial charge in [0.2, 0.25) is 47.3 Å². The Labute approximate surface area is 445 Å². The molecule has 4 rings (SSSR count). The van der Waals surface area contributed by atoms with Crippen LogP contribution in [0.15, 0.2) is 91.0 Å². The molecule has 0 aliphatic carbocycles. The van der Waals surface area contributed by atoms with E-state index in [1.165, 1.54) is 49.4 Å². The number of rotatable bonds is 29. The van der Waals surface area contributed by atoms with Crippen molar-refractivity contribution in [2.75, 3.05) is 18.1 Å². The number of hydrogen-bond donors (Lipinski definition) is 14. The molecule has 15 N–H and O–H groups in total. The van der Waals surface area contributed by atoms with E-state index in [-0.39, 0.29) is 55.0 Å². The Kier molecular flexibility index (Phi) is 24.3. The van der Waals surface area contributed by atoms with E-state index in [0.717, 1.165) is 22.4 Å². The SMILES string of the molecule is CC(C)[C@H](NC(=O)[C@H](CCCCN)NC(=O)[C@@H](Cc1cccc(F)c1)NC(=O)[C@H](Cc1ccc(O)cc1)NC(=O)[C@H](CS)NC(=O)[C@@H](N)Cc1ccc2ccccc2c1)C(=O)N[C@@H](CS)C(=O)N[C@H](C(N)=O)[C@@H](C)O. The number of fused-ring (bicyclic) bond motifs is 1. The largest absolute Gasteiger partial charge is 0.508 e. The van der Waals surface area contributed by atoms with Crippen molar-refractivity contribution in [3.8, 4) is 5.75 Å². The quantitative estimate of drug-likeness (QED) is 0.0252. The summed E-state index contributed by atoms with van der Waals surface area (Å²) in [7, 11) is 0. The van der Waals surface area contributed by atoms with Crippen molar-refractivity contribution in [3.63, 3.8) is 0 Å². The van der Waals surface area contributed by atoms with Gasteiger partial charge < -0.3 is 64.6 Å². The summed E-state index contributed by atoms with van der Waals surface area (Å²) >= 11 is 8.46. The molecule has 20 nitrogen and oxygen atoms in total. The normalized spacial score (nSPS) is 14.9. The molecule has 0 saturated carbocycles. The Morgan fingerprint density at radius 3 is 1.60 bits per heavy atom. The number of phenols is 1. The van der Waals surface area contributed by atoms with Gasteiger partial charge in [0.1, 0.15) is 53.9 Å². The summed E-state index contributed by atoms with van der Waals surface area (Å²) in [6, 6.07) is 13.6. The number of aromatic hydroxyl groups is 1. The third-order valence-corrected chi connectivity index (χ3v) is 12.9. The minimum absolute atomic E-state index is 0.000351. The standard InChI is InChI=1S/C52H69FN10O10S2/c1-28(2)43(52(73)61-42(27-75)51(72)63-44(29(3)64)45(56)66)62-47(68)38(13-6-7-20-54)57-48(69)40(25-31-9-8-12-35(53)22-31)58-49(70)39(24-30-15-18-36(65)19-16-30)59-50(71)41(26-74)60-46(67)37(55)23-32-14-17-33-10-4-5-11-34(33)21-32/h4-5,8-12,14-19,21-22,28-29,37-44,64-65,74-75H,6-7,13,20,23-27,54-55H2,1-3H3,(H2,56,66)(H,57,69)(H,58,70)(H,59,71)(H,60,67)(H,61,73)(H,62,68)(H,63,72)/t29-,37+,38+,39+,40-,41+,42+,43+,44+/m1/s1. The lowest BCUT2D eigenvalue weighted by Crippen LogP contribution is -2.62. The van der Waals surface area contributed by atoms with Gasteiger partial charge in [0.05, 0.1) is 12.1 Å². The van der Waals surface area contributed by atoms with Crippen LogP contribution in [0.25, 0.3) is 10.8 Å². The monoisotopic (exact) mass is 1080 g/mol. The van der Waals surface area contributed by atoms with Gasteiger partial charge in [0, 0.05) is 24.3 Å². The van der Waals surface area contributed by atoms with Gasteiger partial charge in [0.15, 0.2) is 0 Å². The zero-order valence-electron chi connectivity index (χ0n) is 42.0. The van der Waals surface area contributed by atoms with Crippen molar-refractivity contribution in [1.82, 2.24) is 37.2 Å². The summed E-state index contributed by atoms with van der Waals surface area (Å²) in [5, 5.41) is 39.9. The average molecular weight is 1080 g/mol. The molecule has 75 heavy (non-hydrogen) atoms. The van der Waals surface area contributed by atoms with Crippen molar-refractivity contribution in [1.29, 1.82) is 0 Å². The van der Waals surface area contributed by atoms with Crippen molar-refractivity contribution in [3.05, 3.63) is 114 Å². The molecule has 406 valence electrons. The summed E-state index contributed by atoms with van der Waals surface area (Å²) in [5.41, 5.74) is 18.9. The maximum atomic E-state index is 14.6. The number of carbonyl (C=O) groups excluding carboxylic acids is 8. The third-order valence-electron chi connectivity index (χ3n) is 12.1. The molecular formula is C52H69FN10O10S2. The average Bonchev–Trinajstić information content (AvgIpc) is 3.37. The maximum absolute atomic E-state index is 14.6. The van der Waals surface area contributed by atoms with Gasteiger partial charge in [-0.05, 0) is 96.8 Å². The minimum atomic E-state index is -1.53. The van der Waals surface area contributed by atoms with Crippen LogP contribution in [-0.2, 0) is 57.6 Å². The van der Waals surface area contributed by atoms with E-state index in [0.29, 0.717) is 18.4 Å². The van der Waals surface area contributed by atoms with Crippen LogP contribution in [0.3, 0.4) is 0 Å². The van der Waals surface area contributed by atoms with Gasteiger partial charge in [0.25, 0.3) is 0 Å². The highest BCUT2D eigenvalue weighted by molar-refractivity contribution is 7.80. The maximum Gasteiger partial charge on any atom is 0.244 e. The fraction of sp³-hybridized carbons (Fsp3) is 0.423. The molecular weight excluding hydrogens is 1010 g/mol. The highest BCUT2D eigenvalue weighted by Crippen LogP contribution is 2.18. The van der Waals surface area contributed by atoms with Crippen LogP contribution in [-0.4, -0.2) is 130 Å². The number of nitrogens with one attached hydrogen (secondary N) is 7. The van der Waals surface area contributed by atoms with Gasteiger partial charge >= 0.3 is 0 Å². The number of aliphatic hydroxyl groups excluding tert-OH is 1. The number of nitrogens with two attached hydrogens (primary N) is 3. The molecule has 9 atom stereocenters. The smallest absolute Gasteiger partial charge is 0.244 e. The molecule has 4 aromatic rings. The van der Waals surface area contributed by atoms with Gasteiger partial charge in [-0.1, -0.05) is 80.6 Å². The summed E-state index contributed by atoms with van der Waals surface area (Å²) in [4.78, 5) is 109. The van der Waals surface area contributed by atoms with Crippen LogP contribution in [0.1, 0.15) is 56.7 Å². The van der Waals surface area contributed by atoms with E-state index in [2.05, 4.69) is 62.5 Å². The first kappa shape index (κ1) is 60.8. The molecule has 0 heterocycles. The topological polar surface area (TPSA) is 339 Å². The first-order valence-electron chi connectivity index (χ1n) is 24.4. The molecule has 0 saturated heterocycles. The highest BCUT2D eigenvalue weighted by atomic mass is 32.1. The zero-order valence-corrected chi connectivity index (χ0v) is 43.8. The number of hydrogen-bond acceptors (Lipinski definition) is 14. The third kappa shape index (κ3) is 19.1. The molecule has 0 aliphatic rings. The van der Waals surface area contributed by atoms with E-state index in [1.54, 1.807) is 13.8 Å². The molecule has 0 aromatic heterocycles. The number of benzene rings is 4. The zero-order chi connectivity index (χ0) is 55.4. The van der Waals surface area contributed by atoms with E-state index in [4.69, 9.17) is 17.2 Å². The second-order valence-electron chi connectivity index (χ2n) is 18.5. The Morgan fingerprint density at radius 2 is 1.04 bits per heavy atom. The summed E-state index contributed by atoms with van der Waals surface area (Å²) in [6.45, 7) is 4.71. The van der Waals surface area contributed by atoms with Gasteiger partial charge in [-0.15, -0.1) is 0 Å². The first-order valence-corrected chi connectivity index (χ1v) is 25.7. The number of phenolic OH excluding ortho intramolecular Hbond substituents is 1. The number of unbranched alkanes of at least 4 members (excludes halogenated alkanes) is 1. The second-order valence-corrected chi connectivity index (χ2v) is 19.2. The fourth-order valence-electron chi connectivity index (χ4n) is 7.88. The van der Waals surface area contributed by atoms with E-state index in [9.17, 15) is 53.0 Å². The van der Waals surface area contributed by atoms with Crippen LogP contribution in [0, 0.1) is 11.7 Å². The molecule has 0 spiro atoms. The number of aliphatic hydroxyl groups is 1. The van der Waals surface area contributed by atoms with Gasteiger partial charge in [-0.2, -0.15) is 25.3 Å². The molecule has 0 fully saturated rings. The van der Waals surface area contributed by atoms with Crippen LogP contribution in [0.4, 0.5) is 4.39 Å². The van der Waals surface area contributed by atoms with Crippen molar-refractivity contribution in [2.45, 2.75) is 114 Å². The lowest BCUT2D eigenvalue weighted by Gasteiger charge is -2.29. The van der Waals surface area contributed by atoms with Crippen molar-refractivity contribution >= 4 is 83.3 Å². The number of halogens is 1. The van der Waals surface area contributed by atoms with Gasteiger partial charge in [-0.25, -0.2) is 4.39 Å². The first-order chi connectivity index (χ1) is 35.6. The van der Waals surface area contributed by atoms with Crippen LogP contribution >= 0.6 is 25.3 Å². The fourth-order valence-corrected chi connectivity index (χ4v) is 8.39. The van der Waals surface area contributed by atoms with Crippen LogP contribution < -0.4 is 54.4 Å². The summed E-state index contributed by atoms with van der Waals surface area (Å²) in [5.74, 6) is -8.63. The Hall–Kier alpha value is -6.79. The summed E-state index contributed by atoms with van der Waals surface area (Å²) < 4.78 is 14.6. The predicted octanol–water partition coefficient (Wildman–Crippen LogP) is -0.0560. The van der Waals surface area contributed by atoms with Crippen molar-refractivity contribution < 1.29 is 53.0 Å². The number of carbonyl (C=O) groups is 8. The molecule has 23 heteroatoms. The molecule has 0 unspecified atom stereocenters. The Morgan fingerprint density at radius 1 is 0.547 bits per heavy atom. The molecule has 0 radical (unpaired) electrons. The predicted molar refractivity (Wildman–Crippen MR) is 287 cm³/mol. The number of amides is 8. The molecule has 4 aromatic carbocycles. The van der Waals surface area contributed by atoms with E-state index >= 15 is 0 Å². The van der Waals surface area contributed by atoms with Gasteiger partial charge in [-0.3, -0.25) is 38.4 Å². The van der Waals surface area contributed by atoms with E-state index in [1.807, 2.05) is 42.5 Å². The van der Waals surface area contributed by atoms with Crippen LogP contribution in [0.5, 0.6) is 5.75 Å². The Balaban J connectivity index is 1.58. The number of thiol groups is 2. The van der Waals surface area contributed by atoms with Crippen molar-refractivity contribution in [2.24, 2.45) is 23.1 Å². The molecule has 0 aliphatic heterocycles. The second kappa shape index (κ2) is 29.9. The molecule has 8 amide bonds. The van der Waals surface area contributed by atoms with Crippen LogP contribution in [0.2, 0.25) is 0 Å². The highest BCUT2D eigenvalue weighted by Gasteiger charge is 2.35. The molecule has 0 bridgehead atoms. The number of primary amides is 1. The van der Waals surface area contributed by atoms with E-state index < -0.39 is 113 Å².